The maximum absolute atomic E-state index is 12.7. The maximum atomic E-state index is 12.7. The van der Waals surface area contributed by atoms with E-state index in [1.807, 2.05) is 66.9 Å². The fourth-order valence-electron chi connectivity index (χ4n) is 3.96. The van der Waals surface area contributed by atoms with Crippen molar-refractivity contribution in [2.45, 2.75) is 18.7 Å². The molecular formula is C27H26N6O3S. The van der Waals surface area contributed by atoms with Gasteiger partial charge in [-0.05, 0) is 36.4 Å². The van der Waals surface area contributed by atoms with E-state index in [1.54, 1.807) is 30.8 Å². The first-order chi connectivity index (χ1) is 18.0. The summed E-state index contributed by atoms with van der Waals surface area (Å²) in [7, 11) is -3.57. The molecule has 9 nitrogen and oxygen atoms in total. The lowest BCUT2D eigenvalue weighted by atomic mass is 10.2. The maximum Gasteiger partial charge on any atom is 0.244 e. The van der Waals surface area contributed by atoms with Crippen LogP contribution in [0.1, 0.15) is 19.4 Å². The molecule has 0 fully saturated rings. The second-order valence-electron chi connectivity index (χ2n) is 8.20. The Morgan fingerprint density at radius 2 is 1.78 bits per heavy atom. The number of anilines is 1. The normalized spacial score (nSPS) is 12.1. The third-order valence-corrected chi connectivity index (χ3v) is 7.92. The molecule has 0 atom stereocenters. The number of rotatable bonds is 9. The van der Waals surface area contributed by atoms with Crippen LogP contribution in [0.4, 0.5) is 5.82 Å². The fraction of sp³-hybridized carbons (Fsp3) is 0.148. The molecule has 0 aliphatic carbocycles. The van der Waals surface area contributed by atoms with E-state index < -0.39 is 10.0 Å². The Morgan fingerprint density at radius 3 is 2.49 bits per heavy atom. The second kappa shape index (κ2) is 10.4. The van der Waals surface area contributed by atoms with Crippen molar-refractivity contribution >= 4 is 33.0 Å². The summed E-state index contributed by atoms with van der Waals surface area (Å²) in [6.45, 7) is 4.40. The van der Waals surface area contributed by atoms with Crippen molar-refractivity contribution in [3.05, 3.63) is 90.8 Å². The number of hydrogen-bond donors (Lipinski definition) is 1. The highest BCUT2D eigenvalue weighted by Crippen LogP contribution is 2.29. The Kier molecular flexibility index (Phi) is 6.85. The highest BCUT2D eigenvalue weighted by Gasteiger charge is 2.21. The molecule has 0 unspecified atom stereocenters. The van der Waals surface area contributed by atoms with Crippen molar-refractivity contribution in [3.63, 3.8) is 0 Å². The van der Waals surface area contributed by atoms with Crippen LogP contribution in [0.2, 0.25) is 0 Å². The van der Waals surface area contributed by atoms with E-state index in [4.69, 9.17) is 9.52 Å². The summed E-state index contributed by atoms with van der Waals surface area (Å²) in [5, 5.41) is 10.1. The van der Waals surface area contributed by atoms with Crippen molar-refractivity contribution in [1.82, 2.24) is 19.1 Å². The smallest absolute Gasteiger partial charge is 0.244 e. The molecule has 0 bridgehead atoms. The van der Waals surface area contributed by atoms with Crippen molar-refractivity contribution in [2.75, 3.05) is 18.5 Å². The molecule has 0 aliphatic heterocycles. The van der Waals surface area contributed by atoms with Crippen LogP contribution in [0.25, 0.3) is 28.1 Å². The number of hydrogen-bond acceptors (Lipinski definition) is 7. The third-order valence-electron chi connectivity index (χ3n) is 5.88. The molecular weight excluding hydrogens is 488 g/mol. The SMILES string of the molecule is CCN(CC)S(=O)(=O)c1ccc(N/N=C/c2cn(-c3ccccc3)nc2-c2cc3ccccc3o2)nc1. The number of para-hydroxylation sites is 2. The van der Waals surface area contributed by atoms with Gasteiger partial charge in [-0.2, -0.15) is 14.5 Å². The Bertz CT molecular complexity index is 1600. The van der Waals surface area contributed by atoms with Gasteiger partial charge in [0, 0.05) is 36.4 Å². The van der Waals surface area contributed by atoms with Crippen molar-refractivity contribution in [1.29, 1.82) is 0 Å². The number of furan rings is 1. The first-order valence-corrected chi connectivity index (χ1v) is 13.3. The van der Waals surface area contributed by atoms with Gasteiger partial charge in [0.1, 0.15) is 22.0 Å². The molecule has 3 aromatic heterocycles. The summed E-state index contributed by atoms with van der Waals surface area (Å²) in [6, 6.07) is 22.6. The van der Waals surface area contributed by atoms with Crippen LogP contribution in [0, 0.1) is 0 Å². The summed E-state index contributed by atoms with van der Waals surface area (Å²) in [4.78, 5) is 4.36. The monoisotopic (exact) mass is 514 g/mol. The number of nitrogens with one attached hydrogen (secondary N) is 1. The molecule has 10 heteroatoms. The van der Waals surface area contributed by atoms with Gasteiger partial charge >= 0.3 is 0 Å². The topological polar surface area (TPSA) is 106 Å². The van der Waals surface area contributed by atoms with Gasteiger partial charge in [0.15, 0.2) is 5.76 Å². The minimum absolute atomic E-state index is 0.141. The largest absolute Gasteiger partial charge is 0.454 e. The zero-order valence-corrected chi connectivity index (χ0v) is 21.3. The summed E-state index contributed by atoms with van der Waals surface area (Å²) in [6.07, 6.45) is 4.84. The Labute approximate surface area is 215 Å². The highest BCUT2D eigenvalue weighted by molar-refractivity contribution is 7.89. The van der Waals surface area contributed by atoms with E-state index >= 15 is 0 Å². The molecule has 0 saturated carbocycles. The van der Waals surface area contributed by atoms with Crippen molar-refractivity contribution in [3.8, 4) is 17.1 Å². The van der Waals surface area contributed by atoms with E-state index in [-0.39, 0.29) is 4.90 Å². The fourth-order valence-corrected chi connectivity index (χ4v) is 5.37. The third kappa shape index (κ3) is 5.02. The van der Waals surface area contributed by atoms with Gasteiger partial charge in [0.2, 0.25) is 10.0 Å². The predicted molar refractivity (Wildman–Crippen MR) is 144 cm³/mol. The molecule has 0 spiro atoms. The lowest BCUT2D eigenvalue weighted by molar-refractivity contribution is 0.445. The number of aromatic nitrogens is 3. The summed E-state index contributed by atoms with van der Waals surface area (Å²) >= 11 is 0. The van der Waals surface area contributed by atoms with Crippen LogP contribution < -0.4 is 5.43 Å². The molecule has 188 valence electrons. The number of pyridine rings is 1. The molecule has 0 aliphatic rings. The molecule has 0 radical (unpaired) electrons. The summed E-state index contributed by atoms with van der Waals surface area (Å²) in [5.74, 6) is 1.04. The zero-order chi connectivity index (χ0) is 25.8. The Balaban J connectivity index is 1.42. The van der Waals surface area contributed by atoms with E-state index in [2.05, 4.69) is 15.5 Å². The Hall–Kier alpha value is -4.28. The second-order valence-corrected chi connectivity index (χ2v) is 10.1. The minimum atomic E-state index is -3.57. The molecule has 0 saturated heterocycles. The lowest BCUT2D eigenvalue weighted by Crippen LogP contribution is -2.30. The number of sulfonamides is 1. The first kappa shape index (κ1) is 24.4. The number of hydrazone groups is 1. The number of benzene rings is 2. The molecule has 0 amide bonds. The molecule has 3 heterocycles. The van der Waals surface area contributed by atoms with Gasteiger partial charge in [-0.1, -0.05) is 50.2 Å². The van der Waals surface area contributed by atoms with Gasteiger partial charge in [-0.25, -0.2) is 18.1 Å². The summed E-state index contributed by atoms with van der Waals surface area (Å²) in [5.41, 5.74) is 5.91. The van der Waals surface area contributed by atoms with Crippen LogP contribution in [0.15, 0.2) is 99.6 Å². The average molecular weight is 515 g/mol. The molecule has 5 aromatic rings. The lowest BCUT2D eigenvalue weighted by Gasteiger charge is -2.18. The average Bonchev–Trinajstić information content (AvgIpc) is 3.54. The van der Waals surface area contributed by atoms with E-state index in [1.165, 1.54) is 16.6 Å². The first-order valence-electron chi connectivity index (χ1n) is 11.9. The van der Waals surface area contributed by atoms with Crippen LogP contribution in [0.5, 0.6) is 0 Å². The standard InChI is InChI=1S/C27H26N6O3S/c1-3-32(4-2)37(34,35)23-14-15-26(28-18-23)30-29-17-21-19-33(22-11-6-5-7-12-22)31-27(21)25-16-20-10-8-9-13-24(20)36-25/h5-19H,3-4H2,1-2H3,(H,28,30)/b29-17+. The van der Waals surface area contributed by atoms with Gasteiger partial charge < -0.3 is 4.42 Å². The van der Waals surface area contributed by atoms with Gasteiger partial charge in [0.25, 0.3) is 0 Å². The van der Waals surface area contributed by atoms with Crippen LogP contribution in [-0.2, 0) is 10.0 Å². The van der Waals surface area contributed by atoms with E-state index in [0.717, 1.165) is 22.2 Å². The van der Waals surface area contributed by atoms with Crippen molar-refractivity contribution < 1.29 is 12.8 Å². The van der Waals surface area contributed by atoms with Crippen molar-refractivity contribution in [2.24, 2.45) is 5.10 Å². The Morgan fingerprint density at radius 1 is 1.03 bits per heavy atom. The van der Waals surface area contributed by atoms with E-state index in [0.29, 0.717) is 30.4 Å². The van der Waals surface area contributed by atoms with Gasteiger partial charge in [0.05, 0.1) is 11.9 Å². The number of nitrogens with zero attached hydrogens (tertiary/aromatic N) is 5. The van der Waals surface area contributed by atoms with E-state index in [9.17, 15) is 8.42 Å². The highest BCUT2D eigenvalue weighted by atomic mass is 32.2. The molecule has 37 heavy (non-hydrogen) atoms. The molecule has 2 aromatic carbocycles. The van der Waals surface area contributed by atoms with Crippen LogP contribution in [0.3, 0.4) is 0 Å². The van der Waals surface area contributed by atoms with Gasteiger partial charge in [-0.15, -0.1) is 0 Å². The summed E-state index contributed by atoms with van der Waals surface area (Å²) < 4.78 is 34.6. The predicted octanol–water partition coefficient (Wildman–Crippen LogP) is 5.16. The van der Waals surface area contributed by atoms with Crippen LogP contribution >= 0.6 is 0 Å². The molecule has 5 rings (SSSR count). The number of fused-ring (bicyclic) bond motifs is 1. The zero-order valence-electron chi connectivity index (χ0n) is 20.4. The van der Waals surface area contributed by atoms with Crippen LogP contribution in [-0.4, -0.2) is 46.8 Å². The quantitative estimate of drug-likeness (QED) is 0.215. The molecule has 1 N–H and O–H groups in total. The van der Waals surface area contributed by atoms with Gasteiger partial charge in [-0.3, -0.25) is 5.43 Å². The minimum Gasteiger partial charge on any atom is -0.454 e.